The molecule has 138 valence electrons. The van der Waals surface area contributed by atoms with Crippen molar-refractivity contribution in [1.82, 2.24) is 14.9 Å². The molecule has 2 aliphatic carbocycles. The molecule has 2 bridgehead atoms. The summed E-state index contributed by atoms with van der Waals surface area (Å²) in [5.41, 5.74) is 0.600. The quantitative estimate of drug-likeness (QED) is 0.834. The highest BCUT2D eigenvalue weighted by molar-refractivity contribution is 5.89. The molecular weight excluding hydrogens is 334 g/mol. The molecule has 0 spiro atoms. The van der Waals surface area contributed by atoms with Crippen molar-refractivity contribution in [2.75, 3.05) is 31.1 Å². The van der Waals surface area contributed by atoms with Gasteiger partial charge in [0.05, 0.1) is 5.52 Å². The van der Waals surface area contributed by atoms with Crippen LogP contribution in [0.25, 0.3) is 10.9 Å². The lowest BCUT2D eigenvalue weighted by Gasteiger charge is -2.41. The van der Waals surface area contributed by atoms with Crippen molar-refractivity contribution in [2.45, 2.75) is 38.2 Å². The molecule has 6 heteroatoms. The van der Waals surface area contributed by atoms with E-state index in [1.54, 1.807) is 6.07 Å². The number of hydrogen-bond donors (Lipinski definition) is 0. The second-order valence-electron chi connectivity index (χ2n) is 7.99. The molecule has 0 N–H and O–H groups in total. The molecule has 2 heterocycles. The molecule has 0 radical (unpaired) electrons. The van der Waals surface area contributed by atoms with Crippen LogP contribution in [0.15, 0.2) is 24.3 Å². The van der Waals surface area contributed by atoms with Gasteiger partial charge in [-0.15, -0.1) is 0 Å². The largest absolute Gasteiger partial charge is 0.353 e. The normalized spacial score (nSPS) is 29.2. The molecule has 1 saturated heterocycles. The summed E-state index contributed by atoms with van der Waals surface area (Å²) in [5.74, 6) is 2.13. The number of alkyl halides is 2. The standard InChI is InChI=1S/C20H24F2N4/c21-18(22)19-23-16-4-2-1-3-15(16)20(24-19)26-9-7-25(8-10-26)17-12-13-5-6-14(17)11-13/h1-4,13-14,17-18H,5-12H2. The maximum absolute atomic E-state index is 13.2. The van der Waals surface area contributed by atoms with E-state index in [2.05, 4.69) is 19.8 Å². The van der Waals surface area contributed by atoms with E-state index in [1.165, 1.54) is 25.7 Å². The van der Waals surface area contributed by atoms with Gasteiger partial charge >= 0.3 is 0 Å². The number of piperazine rings is 1. The van der Waals surface area contributed by atoms with E-state index in [0.717, 1.165) is 49.4 Å². The maximum atomic E-state index is 13.2. The van der Waals surface area contributed by atoms with Crippen molar-refractivity contribution in [2.24, 2.45) is 11.8 Å². The highest BCUT2D eigenvalue weighted by Gasteiger charge is 2.42. The van der Waals surface area contributed by atoms with E-state index in [-0.39, 0.29) is 5.82 Å². The summed E-state index contributed by atoms with van der Waals surface area (Å²) in [6, 6.07) is 8.22. The lowest BCUT2D eigenvalue weighted by atomic mass is 9.93. The molecule has 4 nitrogen and oxygen atoms in total. The van der Waals surface area contributed by atoms with E-state index in [1.807, 2.05) is 18.2 Å². The number of aromatic nitrogens is 2. The Kier molecular flexibility index (Phi) is 4.03. The Morgan fingerprint density at radius 3 is 2.46 bits per heavy atom. The van der Waals surface area contributed by atoms with Gasteiger partial charge < -0.3 is 4.90 Å². The molecule has 1 aromatic heterocycles. The van der Waals surface area contributed by atoms with E-state index in [9.17, 15) is 8.78 Å². The number of anilines is 1. The van der Waals surface area contributed by atoms with Gasteiger partial charge in [0.1, 0.15) is 5.82 Å². The Labute approximate surface area is 152 Å². The third-order valence-corrected chi connectivity index (χ3v) is 6.58. The summed E-state index contributed by atoms with van der Waals surface area (Å²) in [4.78, 5) is 13.1. The van der Waals surface area contributed by atoms with E-state index in [4.69, 9.17) is 0 Å². The van der Waals surface area contributed by atoms with Crippen molar-refractivity contribution in [3.05, 3.63) is 30.1 Å². The summed E-state index contributed by atoms with van der Waals surface area (Å²) in [5, 5.41) is 0.866. The second kappa shape index (κ2) is 6.41. The molecule has 3 atom stereocenters. The monoisotopic (exact) mass is 358 g/mol. The lowest BCUT2D eigenvalue weighted by molar-refractivity contribution is 0.134. The topological polar surface area (TPSA) is 32.3 Å². The van der Waals surface area contributed by atoms with Crippen LogP contribution in [-0.4, -0.2) is 47.1 Å². The summed E-state index contributed by atoms with van der Waals surface area (Å²) in [7, 11) is 0. The predicted octanol–water partition coefficient (Wildman–Crippen LogP) is 3.88. The molecule has 3 fully saturated rings. The van der Waals surface area contributed by atoms with Crippen molar-refractivity contribution >= 4 is 16.7 Å². The smallest absolute Gasteiger partial charge is 0.297 e. The molecule has 2 aromatic rings. The van der Waals surface area contributed by atoms with Crippen LogP contribution >= 0.6 is 0 Å². The number of benzene rings is 1. The van der Waals surface area contributed by atoms with Crippen LogP contribution in [0.5, 0.6) is 0 Å². The third kappa shape index (κ3) is 2.75. The van der Waals surface area contributed by atoms with Gasteiger partial charge in [0.15, 0.2) is 5.82 Å². The average molecular weight is 358 g/mol. The summed E-state index contributed by atoms with van der Waals surface area (Å²) in [6.45, 7) is 3.68. The van der Waals surface area contributed by atoms with Gasteiger partial charge in [0.2, 0.25) is 0 Å². The first-order valence-corrected chi connectivity index (χ1v) is 9.73. The van der Waals surface area contributed by atoms with Gasteiger partial charge in [-0.3, -0.25) is 4.90 Å². The number of nitrogens with zero attached hydrogens (tertiary/aromatic N) is 4. The molecular formula is C20H24F2N4. The SMILES string of the molecule is FC(F)c1nc(N2CCN(C3CC4CCC3C4)CC2)c2ccccc2n1. The Morgan fingerprint density at radius 2 is 1.77 bits per heavy atom. The fourth-order valence-corrected chi connectivity index (χ4v) is 5.34. The zero-order valence-electron chi connectivity index (χ0n) is 14.8. The van der Waals surface area contributed by atoms with Crippen LogP contribution < -0.4 is 4.90 Å². The molecule has 3 unspecified atom stereocenters. The third-order valence-electron chi connectivity index (χ3n) is 6.58. The molecule has 1 aliphatic heterocycles. The van der Waals surface area contributed by atoms with Gasteiger partial charge in [-0.1, -0.05) is 18.6 Å². The number of rotatable bonds is 3. The molecule has 26 heavy (non-hydrogen) atoms. The maximum Gasteiger partial charge on any atom is 0.297 e. The molecule has 2 saturated carbocycles. The minimum absolute atomic E-state index is 0.366. The first-order chi connectivity index (χ1) is 12.7. The van der Waals surface area contributed by atoms with Gasteiger partial charge in [-0.25, -0.2) is 18.7 Å². The highest BCUT2D eigenvalue weighted by atomic mass is 19.3. The van der Waals surface area contributed by atoms with Crippen molar-refractivity contribution in [3.63, 3.8) is 0 Å². The number of para-hydroxylation sites is 1. The zero-order chi connectivity index (χ0) is 17.7. The molecule has 1 aromatic carbocycles. The lowest BCUT2D eigenvalue weighted by Crippen LogP contribution is -2.52. The highest BCUT2D eigenvalue weighted by Crippen LogP contribution is 2.46. The fourth-order valence-electron chi connectivity index (χ4n) is 5.34. The van der Waals surface area contributed by atoms with Crippen LogP contribution in [-0.2, 0) is 0 Å². The van der Waals surface area contributed by atoms with Crippen LogP contribution in [0.2, 0.25) is 0 Å². The van der Waals surface area contributed by atoms with Gasteiger partial charge in [0.25, 0.3) is 6.43 Å². The Bertz CT molecular complexity index is 803. The van der Waals surface area contributed by atoms with E-state index in [0.29, 0.717) is 11.3 Å². The predicted molar refractivity (Wildman–Crippen MR) is 97.5 cm³/mol. The zero-order valence-corrected chi connectivity index (χ0v) is 14.8. The van der Waals surface area contributed by atoms with E-state index < -0.39 is 6.43 Å². The molecule has 3 aliphatic rings. The Balaban J connectivity index is 1.38. The van der Waals surface area contributed by atoms with Gasteiger partial charge in [-0.05, 0) is 43.2 Å². The minimum Gasteiger partial charge on any atom is -0.353 e. The van der Waals surface area contributed by atoms with Crippen molar-refractivity contribution in [1.29, 1.82) is 0 Å². The number of fused-ring (bicyclic) bond motifs is 3. The van der Waals surface area contributed by atoms with Crippen LogP contribution in [0.3, 0.4) is 0 Å². The van der Waals surface area contributed by atoms with Gasteiger partial charge in [0, 0.05) is 37.6 Å². The number of hydrogen-bond acceptors (Lipinski definition) is 4. The first kappa shape index (κ1) is 16.4. The van der Waals surface area contributed by atoms with Gasteiger partial charge in [-0.2, -0.15) is 0 Å². The van der Waals surface area contributed by atoms with Crippen LogP contribution in [0, 0.1) is 11.8 Å². The summed E-state index contributed by atoms with van der Waals surface area (Å²) < 4.78 is 26.5. The fraction of sp³-hybridized carbons (Fsp3) is 0.600. The summed E-state index contributed by atoms with van der Waals surface area (Å²) in [6.07, 6.45) is 2.94. The van der Waals surface area contributed by atoms with Crippen LogP contribution in [0.1, 0.15) is 37.9 Å². The Hall–Kier alpha value is -1.82. The second-order valence-corrected chi connectivity index (χ2v) is 7.99. The minimum atomic E-state index is -2.64. The average Bonchev–Trinajstić information content (AvgIpc) is 3.31. The van der Waals surface area contributed by atoms with Crippen LogP contribution in [0.4, 0.5) is 14.6 Å². The van der Waals surface area contributed by atoms with E-state index >= 15 is 0 Å². The molecule has 5 rings (SSSR count). The first-order valence-electron chi connectivity index (χ1n) is 9.73. The number of halogens is 2. The Morgan fingerprint density at radius 1 is 0.962 bits per heavy atom. The summed E-state index contributed by atoms with van der Waals surface area (Å²) >= 11 is 0. The van der Waals surface area contributed by atoms with Crippen molar-refractivity contribution in [3.8, 4) is 0 Å². The molecule has 0 amide bonds. The van der Waals surface area contributed by atoms with Crippen molar-refractivity contribution < 1.29 is 8.78 Å².